The molecule has 0 aliphatic carbocycles. The number of hydrogen-bond acceptors (Lipinski definition) is 4. The van der Waals surface area contributed by atoms with Crippen LogP contribution in [0.1, 0.15) is 42.4 Å². The monoisotopic (exact) mass is 388 g/mol. The van der Waals surface area contributed by atoms with Crippen LogP contribution < -0.4 is 0 Å². The summed E-state index contributed by atoms with van der Waals surface area (Å²) in [4.78, 5) is 12.3. The smallest absolute Gasteiger partial charge is 0.160 e. The van der Waals surface area contributed by atoms with E-state index in [9.17, 15) is 0 Å². The van der Waals surface area contributed by atoms with Crippen molar-refractivity contribution in [2.24, 2.45) is 4.99 Å². The van der Waals surface area contributed by atoms with E-state index in [1.54, 1.807) is 0 Å². The lowest BCUT2D eigenvalue weighted by atomic mass is 9.99. The van der Waals surface area contributed by atoms with Gasteiger partial charge in [0.15, 0.2) is 5.17 Å². The molecule has 28 heavy (non-hydrogen) atoms. The topological polar surface area (TPSA) is 33.4 Å². The average molecular weight is 389 g/mol. The summed E-state index contributed by atoms with van der Waals surface area (Å²) in [6.45, 7) is 4.40. The zero-order valence-corrected chi connectivity index (χ0v) is 17.0. The fourth-order valence-electron chi connectivity index (χ4n) is 4.25. The molecule has 2 aliphatic rings. The summed E-state index contributed by atoms with van der Waals surface area (Å²) in [6.07, 6.45) is 5.17. The summed E-state index contributed by atoms with van der Waals surface area (Å²) in [5.41, 5.74) is 4.79. The minimum atomic E-state index is 0.0251. The molecule has 2 aromatic heterocycles. The molecule has 2 aliphatic heterocycles. The Labute approximate surface area is 170 Å². The highest BCUT2D eigenvalue weighted by Crippen LogP contribution is 2.48. The van der Waals surface area contributed by atoms with Crippen LogP contribution in [0.15, 0.2) is 72.0 Å². The number of amidine groups is 1. The number of pyridine rings is 1. The summed E-state index contributed by atoms with van der Waals surface area (Å²) in [6, 6.07) is 20.0. The molecular weight excluding hydrogens is 364 g/mol. The van der Waals surface area contributed by atoms with Gasteiger partial charge in [0.1, 0.15) is 12.1 Å². The van der Waals surface area contributed by atoms with Crippen molar-refractivity contribution in [3.63, 3.8) is 0 Å². The Hall–Kier alpha value is -2.53. The maximum absolute atomic E-state index is 5.13. The molecule has 4 heterocycles. The van der Waals surface area contributed by atoms with Crippen molar-refractivity contribution in [1.29, 1.82) is 0 Å². The van der Waals surface area contributed by atoms with Crippen molar-refractivity contribution < 1.29 is 0 Å². The molecule has 3 atom stereocenters. The predicted octanol–water partition coefficient (Wildman–Crippen LogP) is 5.16. The molecule has 0 amide bonds. The van der Waals surface area contributed by atoms with Gasteiger partial charge in [-0.15, -0.1) is 0 Å². The van der Waals surface area contributed by atoms with Gasteiger partial charge in [0.05, 0.1) is 5.69 Å². The van der Waals surface area contributed by atoms with Gasteiger partial charge in [-0.2, -0.15) is 0 Å². The zero-order valence-electron chi connectivity index (χ0n) is 16.2. The van der Waals surface area contributed by atoms with E-state index in [-0.39, 0.29) is 12.1 Å². The van der Waals surface area contributed by atoms with Crippen LogP contribution in [0.5, 0.6) is 0 Å². The van der Waals surface area contributed by atoms with Crippen molar-refractivity contribution in [3.8, 4) is 5.69 Å². The third kappa shape index (κ3) is 2.85. The molecule has 4 nitrogen and oxygen atoms in total. The van der Waals surface area contributed by atoms with E-state index in [0.717, 1.165) is 17.9 Å². The van der Waals surface area contributed by atoms with Gasteiger partial charge in [-0.1, -0.05) is 42.4 Å². The van der Waals surface area contributed by atoms with Gasteiger partial charge in [-0.25, -0.2) is 0 Å². The van der Waals surface area contributed by atoms with Gasteiger partial charge in [0, 0.05) is 35.6 Å². The Kier molecular flexibility index (Phi) is 4.47. The standard InChI is InChI=1S/C23H24N4S/c1-3-17-15-28-23-25-21(19-7-4-5-13-24-19)22(27(17)23)20-8-6-14-26(20)18-11-9-16(2)10-12-18/h4-14,17,21-22H,3,15H2,1-2H3. The molecule has 0 spiro atoms. The second kappa shape index (κ2) is 7.13. The van der Waals surface area contributed by atoms with Gasteiger partial charge >= 0.3 is 0 Å². The quantitative estimate of drug-likeness (QED) is 0.619. The molecule has 3 aromatic rings. The molecule has 5 heteroatoms. The summed E-state index contributed by atoms with van der Waals surface area (Å²) < 4.78 is 2.31. The molecule has 0 N–H and O–H groups in total. The van der Waals surface area contributed by atoms with Crippen LogP contribution in [0.4, 0.5) is 0 Å². The number of aliphatic imine (C=N–C) groups is 1. The molecule has 1 fully saturated rings. The third-order valence-electron chi connectivity index (χ3n) is 5.72. The molecule has 0 radical (unpaired) electrons. The van der Waals surface area contributed by atoms with Crippen molar-refractivity contribution >= 4 is 16.9 Å². The Morgan fingerprint density at radius 1 is 1.07 bits per heavy atom. The van der Waals surface area contributed by atoms with E-state index in [0.29, 0.717) is 6.04 Å². The molecule has 1 aromatic carbocycles. The first-order valence-corrected chi connectivity index (χ1v) is 10.9. The van der Waals surface area contributed by atoms with Crippen LogP contribution in [-0.4, -0.2) is 31.4 Å². The van der Waals surface area contributed by atoms with E-state index in [1.807, 2.05) is 24.0 Å². The lowest BCUT2D eigenvalue weighted by molar-refractivity contribution is 0.249. The van der Waals surface area contributed by atoms with Gasteiger partial charge in [0.25, 0.3) is 0 Å². The Morgan fingerprint density at radius 3 is 2.68 bits per heavy atom. The van der Waals surface area contributed by atoms with Gasteiger partial charge < -0.3 is 9.47 Å². The minimum Gasteiger partial charge on any atom is -0.337 e. The SMILES string of the molecule is CCC1CSC2=NC(c3ccccn3)C(c3cccn3-c3ccc(C)cc3)N21. The molecule has 0 bridgehead atoms. The second-order valence-electron chi connectivity index (χ2n) is 7.47. The number of rotatable bonds is 4. The molecule has 142 valence electrons. The zero-order chi connectivity index (χ0) is 19.1. The molecule has 1 saturated heterocycles. The largest absolute Gasteiger partial charge is 0.337 e. The van der Waals surface area contributed by atoms with Crippen LogP contribution in [0.25, 0.3) is 5.69 Å². The van der Waals surface area contributed by atoms with Crippen LogP contribution >= 0.6 is 11.8 Å². The number of hydrogen-bond donors (Lipinski definition) is 0. The van der Waals surface area contributed by atoms with E-state index in [2.05, 4.69) is 83.0 Å². The van der Waals surface area contributed by atoms with Crippen molar-refractivity contribution in [2.75, 3.05) is 5.75 Å². The van der Waals surface area contributed by atoms with E-state index in [1.165, 1.54) is 22.1 Å². The number of nitrogens with zero attached hydrogens (tertiary/aromatic N) is 4. The highest BCUT2D eigenvalue weighted by atomic mass is 32.2. The predicted molar refractivity (Wildman–Crippen MR) is 116 cm³/mol. The normalized spacial score (nSPS) is 23.7. The number of fused-ring (bicyclic) bond motifs is 1. The molecule has 3 unspecified atom stereocenters. The van der Waals surface area contributed by atoms with Crippen LogP contribution in [0.2, 0.25) is 0 Å². The van der Waals surface area contributed by atoms with Crippen molar-refractivity contribution in [3.05, 3.63) is 83.9 Å². The first-order chi connectivity index (χ1) is 13.8. The number of aryl methyl sites for hydroxylation is 1. The van der Waals surface area contributed by atoms with Crippen molar-refractivity contribution in [2.45, 2.75) is 38.4 Å². The lowest BCUT2D eigenvalue weighted by Crippen LogP contribution is -2.36. The van der Waals surface area contributed by atoms with Crippen LogP contribution in [0.3, 0.4) is 0 Å². The molecular formula is C23H24N4S. The fraction of sp³-hybridized carbons (Fsp3) is 0.304. The maximum atomic E-state index is 5.13. The Bertz CT molecular complexity index is 993. The third-order valence-corrected chi connectivity index (χ3v) is 6.85. The second-order valence-corrected chi connectivity index (χ2v) is 8.46. The highest BCUT2D eigenvalue weighted by molar-refractivity contribution is 8.14. The number of thioether (sulfide) groups is 1. The number of benzene rings is 1. The first kappa shape index (κ1) is 17.6. The van der Waals surface area contributed by atoms with E-state index in [4.69, 9.17) is 4.99 Å². The highest BCUT2D eigenvalue weighted by Gasteiger charge is 2.46. The maximum Gasteiger partial charge on any atom is 0.160 e. The number of aromatic nitrogens is 2. The van der Waals surface area contributed by atoms with E-state index < -0.39 is 0 Å². The summed E-state index contributed by atoms with van der Waals surface area (Å²) in [5, 5.41) is 1.17. The lowest BCUT2D eigenvalue weighted by Gasteiger charge is -2.32. The molecule has 5 rings (SSSR count). The minimum absolute atomic E-state index is 0.0251. The Balaban J connectivity index is 1.62. The van der Waals surface area contributed by atoms with Crippen LogP contribution in [-0.2, 0) is 0 Å². The average Bonchev–Trinajstić information content (AvgIpc) is 3.44. The summed E-state index contributed by atoms with van der Waals surface area (Å²) in [7, 11) is 0. The summed E-state index contributed by atoms with van der Waals surface area (Å²) >= 11 is 1.89. The Morgan fingerprint density at radius 2 is 1.93 bits per heavy atom. The van der Waals surface area contributed by atoms with E-state index >= 15 is 0 Å². The molecule has 0 saturated carbocycles. The summed E-state index contributed by atoms with van der Waals surface area (Å²) in [5.74, 6) is 1.12. The first-order valence-electron chi connectivity index (χ1n) is 9.90. The van der Waals surface area contributed by atoms with Gasteiger partial charge in [0.2, 0.25) is 0 Å². The van der Waals surface area contributed by atoms with Crippen LogP contribution in [0, 0.1) is 6.92 Å². The van der Waals surface area contributed by atoms with Gasteiger partial charge in [-0.05, 0) is 49.7 Å². The van der Waals surface area contributed by atoms with Gasteiger partial charge in [-0.3, -0.25) is 9.98 Å². The fourth-order valence-corrected chi connectivity index (χ4v) is 5.58. The van der Waals surface area contributed by atoms with Crippen molar-refractivity contribution in [1.82, 2.24) is 14.5 Å².